The third kappa shape index (κ3) is 43.7. The van der Waals surface area contributed by atoms with Gasteiger partial charge in [-0.3, -0.25) is 14.4 Å². The van der Waals surface area contributed by atoms with Gasteiger partial charge in [0.2, 0.25) is 0 Å². The summed E-state index contributed by atoms with van der Waals surface area (Å²) in [6.45, 7) is 6.38. The molecular formula is C52H86O6. The molecule has 0 N–H and O–H groups in total. The van der Waals surface area contributed by atoms with Gasteiger partial charge in [-0.1, -0.05) is 189 Å². The van der Waals surface area contributed by atoms with Gasteiger partial charge in [0.1, 0.15) is 13.2 Å². The van der Waals surface area contributed by atoms with E-state index in [0.29, 0.717) is 19.3 Å². The first-order chi connectivity index (χ1) is 28.5. The summed E-state index contributed by atoms with van der Waals surface area (Å²) < 4.78 is 16.6. The minimum absolute atomic E-state index is 0.0998. The molecule has 0 saturated heterocycles. The number of ether oxygens (including phenoxy) is 3. The topological polar surface area (TPSA) is 78.9 Å². The number of carbonyl (C=O) groups is 3. The first-order valence-electron chi connectivity index (χ1n) is 23.6. The minimum Gasteiger partial charge on any atom is -0.462 e. The minimum atomic E-state index is -0.803. The smallest absolute Gasteiger partial charge is 0.306 e. The Hall–Kier alpha value is -3.41. The molecule has 0 aromatic carbocycles. The van der Waals surface area contributed by atoms with Crippen molar-refractivity contribution in [2.24, 2.45) is 0 Å². The second-order valence-corrected chi connectivity index (χ2v) is 15.3. The van der Waals surface area contributed by atoms with Crippen molar-refractivity contribution in [1.82, 2.24) is 0 Å². The highest BCUT2D eigenvalue weighted by Crippen LogP contribution is 2.13. The summed E-state index contributed by atoms with van der Waals surface area (Å²) in [4.78, 5) is 37.7. The van der Waals surface area contributed by atoms with Gasteiger partial charge < -0.3 is 14.2 Å². The molecule has 0 fully saturated rings. The quantitative estimate of drug-likeness (QED) is 0.0265. The third-order valence-corrected chi connectivity index (χ3v) is 9.63. The molecule has 0 rings (SSSR count). The lowest BCUT2D eigenvalue weighted by molar-refractivity contribution is -0.167. The molecule has 1 atom stereocenters. The van der Waals surface area contributed by atoms with Crippen LogP contribution in [0.15, 0.2) is 85.1 Å². The molecule has 0 radical (unpaired) electrons. The number of hydrogen-bond donors (Lipinski definition) is 0. The maximum Gasteiger partial charge on any atom is 0.306 e. The van der Waals surface area contributed by atoms with E-state index in [2.05, 4.69) is 106 Å². The predicted molar refractivity (Wildman–Crippen MR) is 247 cm³/mol. The van der Waals surface area contributed by atoms with Crippen LogP contribution in [0.4, 0.5) is 0 Å². The summed E-state index contributed by atoms with van der Waals surface area (Å²) in [6, 6.07) is 0. The van der Waals surface area contributed by atoms with E-state index in [1.807, 2.05) is 0 Å². The van der Waals surface area contributed by atoms with Crippen molar-refractivity contribution in [2.75, 3.05) is 13.2 Å². The van der Waals surface area contributed by atoms with Crippen LogP contribution in [0.3, 0.4) is 0 Å². The molecule has 0 unspecified atom stereocenters. The van der Waals surface area contributed by atoms with Crippen LogP contribution in [0.2, 0.25) is 0 Å². The van der Waals surface area contributed by atoms with E-state index >= 15 is 0 Å². The highest BCUT2D eigenvalue weighted by atomic mass is 16.6. The highest BCUT2D eigenvalue weighted by Gasteiger charge is 2.19. The fourth-order valence-corrected chi connectivity index (χ4v) is 6.08. The fraction of sp³-hybridized carbons (Fsp3) is 0.673. The third-order valence-electron chi connectivity index (χ3n) is 9.63. The normalized spacial score (nSPS) is 12.8. The second-order valence-electron chi connectivity index (χ2n) is 15.3. The molecule has 0 amide bonds. The number of allylic oxidation sites excluding steroid dienone is 14. The molecule has 0 aliphatic carbocycles. The molecule has 58 heavy (non-hydrogen) atoms. The van der Waals surface area contributed by atoms with Crippen molar-refractivity contribution < 1.29 is 28.6 Å². The zero-order valence-electron chi connectivity index (χ0n) is 37.5. The largest absolute Gasteiger partial charge is 0.462 e. The summed E-state index contributed by atoms with van der Waals surface area (Å²) in [7, 11) is 0. The Morgan fingerprint density at radius 3 is 1.17 bits per heavy atom. The van der Waals surface area contributed by atoms with Gasteiger partial charge in [-0.05, 0) is 83.5 Å². The first kappa shape index (κ1) is 54.6. The Morgan fingerprint density at radius 2 is 0.707 bits per heavy atom. The molecule has 0 aromatic rings. The van der Waals surface area contributed by atoms with Gasteiger partial charge in [-0.2, -0.15) is 0 Å². The molecule has 0 heterocycles. The van der Waals surface area contributed by atoms with Crippen LogP contribution < -0.4 is 0 Å². The van der Waals surface area contributed by atoms with Crippen molar-refractivity contribution in [2.45, 2.75) is 213 Å². The molecule has 0 aliphatic rings. The van der Waals surface area contributed by atoms with Gasteiger partial charge in [-0.25, -0.2) is 0 Å². The highest BCUT2D eigenvalue weighted by molar-refractivity contribution is 5.71. The van der Waals surface area contributed by atoms with E-state index in [4.69, 9.17) is 14.2 Å². The summed E-state index contributed by atoms with van der Waals surface area (Å²) in [5.41, 5.74) is 0. The second kappa shape index (κ2) is 46.3. The van der Waals surface area contributed by atoms with E-state index in [9.17, 15) is 14.4 Å². The number of unbranched alkanes of at least 4 members (excludes halogenated alkanes) is 16. The summed E-state index contributed by atoms with van der Waals surface area (Å²) in [5, 5.41) is 0. The van der Waals surface area contributed by atoms with Crippen molar-refractivity contribution in [3.63, 3.8) is 0 Å². The molecule has 0 bridgehead atoms. The molecule has 0 saturated carbocycles. The van der Waals surface area contributed by atoms with E-state index in [0.717, 1.165) is 103 Å². The summed E-state index contributed by atoms with van der Waals surface area (Å²) in [6.07, 6.45) is 58.6. The standard InChI is InChI=1S/C52H86O6/c1-4-7-10-13-16-19-21-23-25-26-27-29-30-33-36-39-42-45-51(54)57-48-49(47-56-50(53)44-41-38-35-32-18-15-12-9-6-3)58-52(55)46-43-40-37-34-31-28-24-22-20-17-14-11-8-5-2/h7,10,14,16-17,19,22-25,27,29,33,36,49H,4-6,8-9,11-13,15,18,20-21,26,28,30-32,34-35,37-48H2,1-3H3/b10-7-,17-14-,19-16-,24-22-,25-23-,29-27-,36-33-/t49-/m1/s1. The molecule has 0 aliphatic heterocycles. The van der Waals surface area contributed by atoms with Crippen molar-refractivity contribution in [3.8, 4) is 0 Å². The van der Waals surface area contributed by atoms with Crippen LogP contribution in [0.5, 0.6) is 0 Å². The SMILES string of the molecule is CC/C=C\C/C=C\C/C=C\C/C=C\C/C=C\CCCC(=O)OC[C@@H](COC(=O)CCCCCCCCCCC)OC(=O)CCCCCCC/C=C\C/C=C\CCCC. The number of esters is 3. The van der Waals surface area contributed by atoms with Crippen LogP contribution in [0, 0.1) is 0 Å². The Balaban J connectivity index is 4.48. The summed E-state index contributed by atoms with van der Waals surface area (Å²) in [5.74, 6) is -0.984. The zero-order chi connectivity index (χ0) is 42.3. The van der Waals surface area contributed by atoms with E-state index in [1.165, 1.54) is 57.8 Å². The van der Waals surface area contributed by atoms with Gasteiger partial charge in [0.05, 0.1) is 0 Å². The van der Waals surface area contributed by atoms with Crippen LogP contribution in [0.1, 0.15) is 207 Å². The molecule has 0 aromatic heterocycles. The predicted octanol–water partition coefficient (Wildman–Crippen LogP) is 15.3. The number of carbonyl (C=O) groups excluding carboxylic acids is 3. The van der Waals surface area contributed by atoms with Gasteiger partial charge in [0.15, 0.2) is 6.10 Å². The summed E-state index contributed by atoms with van der Waals surface area (Å²) >= 11 is 0. The van der Waals surface area contributed by atoms with Crippen molar-refractivity contribution in [1.29, 1.82) is 0 Å². The van der Waals surface area contributed by atoms with E-state index in [-0.39, 0.29) is 37.5 Å². The van der Waals surface area contributed by atoms with Crippen molar-refractivity contribution in [3.05, 3.63) is 85.1 Å². The average Bonchev–Trinajstić information content (AvgIpc) is 3.22. The van der Waals surface area contributed by atoms with Gasteiger partial charge >= 0.3 is 17.9 Å². The Bertz CT molecular complexity index is 1160. The molecule has 0 spiro atoms. The molecular weight excluding hydrogens is 721 g/mol. The maximum absolute atomic E-state index is 12.7. The monoisotopic (exact) mass is 807 g/mol. The Kier molecular flexibility index (Phi) is 43.6. The lowest BCUT2D eigenvalue weighted by atomic mass is 10.1. The number of hydrogen-bond acceptors (Lipinski definition) is 6. The average molecular weight is 807 g/mol. The van der Waals surface area contributed by atoms with Gasteiger partial charge in [0, 0.05) is 19.3 Å². The Labute approximate surface area is 356 Å². The van der Waals surface area contributed by atoms with Gasteiger partial charge in [0.25, 0.3) is 0 Å². The molecule has 6 nitrogen and oxygen atoms in total. The van der Waals surface area contributed by atoms with Crippen LogP contribution in [0.25, 0.3) is 0 Å². The lowest BCUT2D eigenvalue weighted by Crippen LogP contribution is -2.30. The maximum atomic E-state index is 12.7. The first-order valence-corrected chi connectivity index (χ1v) is 23.6. The lowest BCUT2D eigenvalue weighted by Gasteiger charge is -2.18. The fourth-order valence-electron chi connectivity index (χ4n) is 6.08. The molecule has 330 valence electrons. The zero-order valence-corrected chi connectivity index (χ0v) is 37.5. The Morgan fingerprint density at radius 1 is 0.362 bits per heavy atom. The van der Waals surface area contributed by atoms with Gasteiger partial charge in [-0.15, -0.1) is 0 Å². The van der Waals surface area contributed by atoms with Crippen LogP contribution in [-0.2, 0) is 28.6 Å². The number of rotatable bonds is 41. The van der Waals surface area contributed by atoms with Crippen LogP contribution in [-0.4, -0.2) is 37.2 Å². The van der Waals surface area contributed by atoms with E-state index in [1.54, 1.807) is 0 Å². The van der Waals surface area contributed by atoms with E-state index < -0.39 is 6.10 Å². The molecule has 6 heteroatoms. The van der Waals surface area contributed by atoms with Crippen LogP contribution >= 0.6 is 0 Å². The van der Waals surface area contributed by atoms with Crippen molar-refractivity contribution >= 4 is 17.9 Å².